The summed E-state index contributed by atoms with van der Waals surface area (Å²) in [6.07, 6.45) is 0.933. The van der Waals surface area contributed by atoms with Gasteiger partial charge in [-0.1, -0.05) is 31.2 Å². The average molecular weight is 375 g/mol. The number of halogens is 1. The molecule has 1 N–H and O–H groups in total. The van der Waals surface area contributed by atoms with E-state index in [2.05, 4.69) is 28.2 Å². The molecule has 0 bridgehead atoms. The SMILES string of the molecule is CCc1ccc(N(CC(=O)Nc2ccccc2Br)C(C)=O)cc1. The molecule has 0 fully saturated rings. The van der Waals surface area contributed by atoms with Gasteiger partial charge in [-0.2, -0.15) is 0 Å². The van der Waals surface area contributed by atoms with Crippen molar-refractivity contribution in [2.24, 2.45) is 0 Å². The van der Waals surface area contributed by atoms with Gasteiger partial charge in [0.05, 0.1) is 5.69 Å². The number of hydrogen-bond acceptors (Lipinski definition) is 2. The van der Waals surface area contributed by atoms with E-state index in [1.165, 1.54) is 17.4 Å². The van der Waals surface area contributed by atoms with Crippen molar-refractivity contribution in [3.05, 3.63) is 58.6 Å². The average Bonchev–Trinajstić information content (AvgIpc) is 2.55. The van der Waals surface area contributed by atoms with E-state index in [0.29, 0.717) is 5.69 Å². The molecule has 0 aliphatic heterocycles. The topological polar surface area (TPSA) is 49.4 Å². The Hall–Kier alpha value is -2.14. The quantitative estimate of drug-likeness (QED) is 0.859. The lowest BCUT2D eigenvalue weighted by atomic mass is 10.1. The molecule has 0 aromatic heterocycles. The Balaban J connectivity index is 2.11. The Morgan fingerprint density at radius 3 is 2.30 bits per heavy atom. The van der Waals surface area contributed by atoms with Crippen LogP contribution >= 0.6 is 15.9 Å². The summed E-state index contributed by atoms with van der Waals surface area (Å²) in [5.41, 5.74) is 2.59. The van der Waals surface area contributed by atoms with Crippen molar-refractivity contribution in [3.63, 3.8) is 0 Å². The van der Waals surface area contributed by atoms with Gasteiger partial charge in [0.25, 0.3) is 0 Å². The first kappa shape index (κ1) is 17.2. The minimum absolute atomic E-state index is 0.0257. The lowest BCUT2D eigenvalue weighted by Crippen LogP contribution is -2.36. The zero-order valence-electron chi connectivity index (χ0n) is 13.2. The Bertz CT molecular complexity index is 698. The summed E-state index contributed by atoms with van der Waals surface area (Å²) in [7, 11) is 0. The van der Waals surface area contributed by atoms with Crippen LogP contribution in [-0.4, -0.2) is 18.4 Å². The maximum absolute atomic E-state index is 12.3. The molecule has 0 saturated carbocycles. The van der Waals surface area contributed by atoms with Crippen molar-refractivity contribution in [1.29, 1.82) is 0 Å². The van der Waals surface area contributed by atoms with Gasteiger partial charge < -0.3 is 10.2 Å². The minimum Gasteiger partial charge on any atom is -0.324 e. The third-order valence-corrected chi connectivity index (χ3v) is 4.18. The molecule has 0 heterocycles. The summed E-state index contributed by atoms with van der Waals surface area (Å²) in [6.45, 7) is 3.50. The zero-order valence-corrected chi connectivity index (χ0v) is 14.8. The predicted octanol–water partition coefficient (Wildman–Crippen LogP) is 4.00. The molecule has 2 aromatic rings. The molecule has 120 valence electrons. The fourth-order valence-electron chi connectivity index (χ4n) is 2.19. The Kier molecular flexibility index (Phi) is 5.93. The molecule has 0 atom stereocenters. The van der Waals surface area contributed by atoms with Crippen LogP contribution in [0.5, 0.6) is 0 Å². The highest BCUT2D eigenvalue weighted by Crippen LogP contribution is 2.21. The smallest absolute Gasteiger partial charge is 0.244 e. The third kappa shape index (κ3) is 4.66. The van der Waals surface area contributed by atoms with Gasteiger partial charge in [0.2, 0.25) is 11.8 Å². The highest BCUT2D eigenvalue weighted by molar-refractivity contribution is 9.10. The number of nitrogens with zero attached hydrogens (tertiary/aromatic N) is 1. The van der Waals surface area contributed by atoms with Gasteiger partial charge in [-0.15, -0.1) is 0 Å². The van der Waals surface area contributed by atoms with Crippen molar-refractivity contribution < 1.29 is 9.59 Å². The Morgan fingerprint density at radius 2 is 1.74 bits per heavy atom. The summed E-state index contributed by atoms with van der Waals surface area (Å²) in [5, 5.41) is 2.81. The lowest BCUT2D eigenvalue weighted by Gasteiger charge is -2.21. The van der Waals surface area contributed by atoms with Crippen molar-refractivity contribution in [2.75, 3.05) is 16.8 Å². The van der Waals surface area contributed by atoms with Crippen LogP contribution in [0.2, 0.25) is 0 Å². The number of nitrogens with one attached hydrogen (secondary N) is 1. The second-order valence-corrected chi connectivity index (χ2v) is 6.01. The Labute approximate surface area is 144 Å². The van der Waals surface area contributed by atoms with E-state index in [1.807, 2.05) is 42.5 Å². The van der Waals surface area contributed by atoms with Gasteiger partial charge in [-0.25, -0.2) is 0 Å². The molecular weight excluding hydrogens is 356 g/mol. The third-order valence-electron chi connectivity index (χ3n) is 3.49. The molecule has 0 radical (unpaired) electrons. The highest BCUT2D eigenvalue weighted by atomic mass is 79.9. The van der Waals surface area contributed by atoms with Crippen LogP contribution < -0.4 is 10.2 Å². The molecular formula is C18H19BrN2O2. The second kappa shape index (κ2) is 7.92. The number of anilines is 2. The molecule has 23 heavy (non-hydrogen) atoms. The van der Waals surface area contributed by atoms with E-state index in [1.54, 1.807) is 6.07 Å². The first-order chi connectivity index (χ1) is 11.0. The van der Waals surface area contributed by atoms with E-state index >= 15 is 0 Å². The number of carbonyl (C=O) groups is 2. The van der Waals surface area contributed by atoms with Gasteiger partial charge >= 0.3 is 0 Å². The number of carbonyl (C=O) groups excluding carboxylic acids is 2. The summed E-state index contributed by atoms with van der Waals surface area (Å²) in [4.78, 5) is 25.6. The summed E-state index contributed by atoms with van der Waals surface area (Å²) < 4.78 is 0.801. The monoisotopic (exact) mass is 374 g/mol. The highest BCUT2D eigenvalue weighted by Gasteiger charge is 2.16. The van der Waals surface area contributed by atoms with Gasteiger partial charge in [0.1, 0.15) is 6.54 Å². The fourth-order valence-corrected chi connectivity index (χ4v) is 2.58. The number of amides is 2. The van der Waals surface area contributed by atoms with E-state index in [-0.39, 0.29) is 18.4 Å². The first-order valence-corrected chi connectivity index (χ1v) is 8.22. The molecule has 0 unspecified atom stereocenters. The van der Waals surface area contributed by atoms with Gasteiger partial charge in [0, 0.05) is 17.1 Å². The molecule has 2 aromatic carbocycles. The maximum Gasteiger partial charge on any atom is 0.244 e. The lowest BCUT2D eigenvalue weighted by molar-refractivity contribution is -0.120. The van der Waals surface area contributed by atoms with Crippen molar-refractivity contribution in [3.8, 4) is 0 Å². The molecule has 0 aliphatic carbocycles. The fraction of sp³-hybridized carbons (Fsp3) is 0.222. The second-order valence-electron chi connectivity index (χ2n) is 5.15. The zero-order chi connectivity index (χ0) is 16.8. The Morgan fingerprint density at radius 1 is 1.09 bits per heavy atom. The number of hydrogen-bond donors (Lipinski definition) is 1. The molecule has 5 heteroatoms. The van der Waals surface area contributed by atoms with Gasteiger partial charge in [-0.3, -0.25) is 9.59 Å². The molecule has 0 spiro atoms. The maximum atomic E-state index is 12.3. The summed E-state index contributed by atoms with van der Waals surface area (Å²) in [5.74, 6) is -0.414. The van der Waals surface area contributed by atoms with Gasteiger partial charge in [-0.05, 0) is 52.2 Å². The molecule has 0 saturated heterocycles. The van der Waals surface area contributed by atoms with Crippen LogP contribution in [0.3, 0.4) is 0 Å². The summed E-state index contributed by atoms with van der Waals surface area (Å²) >= 11 is 3.39. The number of rotatable bonds is 5. The first-order valence-electron chi connectivity index (χ1n) is 7.42. The minimum atomic E-state index is -0.244. The van der Waals surface area contributed by atoms with E-state index in [9.17, 15) is 9.59 Å². The van der Waals surface area contributed by atoms with Crippen LogP contribution in [0, 0.1) is 0 Å². The molecule has 4 nitrogen and oxygen atoms in total. The number of para-hydroxylation sites is 1. The van der Waals surface area contributed by atoms with E-state index in [4.69, 9.17) is 0 Å². The van der Waals surface area contributed by atoms with Crippen molar-refractivity contribution in [2.45, 2.75) is 20.3 Å². The van der Waals surface area contributed by atoms with Crippen LogP contribution in [0.1, 0.15) is 19.4 Å². The van der Waals surface area contributed by atoms with Crippen LogP contribution in [0.15, 0.2) is 53.0 Å². The normalized spacial score (nSPS) is 10.2. The van der Waals surface area contributed by atoms with Crippen LogP contribution in [0.4, 0.5) is 11.4 Å². The van der Waals surface area contributed by atoms with Crippen molar-refractivity contribution >= 4 is 39.1 Å². The van der Waals surface area contributed by atoms with Crippen LogP contribution in [0.25, 0.3) is 0 Å². The van der Waals surface area contributed by atoms with E-state index < -0.39 is 0 Å². The number of benzene rings is 2. The molecule has 2 amide bonds. The van der Waals surface area contributed by atoms with Gasteiger partial charge in [0.15, 0.2) is 0 Å². The molecule has 0 aliphatic rings. The standard InChI is InChI=1S/C18H19BrN2O2/c1-3-14-8-10-15(11-9-14)21(13(2)22)12-18(23)20-17-7-5-4-6-16(17)19/h4-11H,3,12H2,1-2H3,(H,20,23). The molecule has 2 rings (SSSR count). The van der Waals surface area contributed by atoms with Crippen LogP contribution in [-0.2, 0) is 16.0 Å². The van der Waals surface area contributed by atoms with E-state index in [0.717, 1.165) is 16.6 Å². The largest absolute Gasteiger partial charge is 0.324 e. The van der Waals surface area contributed by atoms with Crippen molar-refractivity contribution in [1.82, 2.24) is 0 Å². The predicted molar refractivity (Wildman–Crippen MR) is 96.6 cm³/mol. The summed E-state index contributed by atoms with van der Waals surface area (Å²) in [6, 6.07) is 15.0. The number of aryl methyl sites for hydroxylation is 1.